The Morgan fingerprint density at radius 2 is 1.82 bits per heavy atom. The zero-order valence-corrected chi connectivity index (χ0v) is 15.2. The number of nitrogens with zero attached hydrogens (tertiary/aromatic N) is 3. The molecular weight excluding hydrogens is 385 g/mol. The number of alkyl halides is 3. The van der Waals surface area contributed by atoms with Crippen LogP contribution in [-0.4, -0.2) is 83.8 Å². The number of carboxylic acid groups (broad SMARTS) is 1. The minimum absolute atomic E-state index is 0.0137. The Balaban J connectivity index is 0.000000480. The number of hydrogen-bond acceptors (Lipinski definition) is 6. The molecule has 2 aliphatic rings. The zero-order valence-electron chi connectivity index (χ0n) is 15.2. The van der Waals surface area contributed by atoms with Crippen LogP contribution in [0.3, 0.4) is 0 Å². The van der Waals surface area contributed by atoms with Crippen molar-refractivity contribution < 1.29 is 37.4 Å². The number of rotatable bonds is 4. The molecule has 0 aliphatic carbocycles. The molecule has 3 N–H and O–H groups in total. The van der Waals surface area contributed by atoms with Crippen LogP contribution in [-0.2, 0) is 19.1 Å². The molecule has 0 radical (unpaired) electrons. The van der Waals surface area contributed by atoms with E-state index in [0.29, 0.717) is 45.7 Å². The van der Waals surface area contributed by atoms with Crippen LogP contribution in [0.1, 0.15) is 25.7 Å². The molecule has 0 aromatic carbocycles. The predicted octanol–water partition coefficient (Wildman–Crippen LogP) is 0.101. The van der Waals surface area contributed by atoms with Crippen molar-refractivity contribution in [3.8, 4) is 6.07 Å². The Morgan fingerprint density at radius 3 is 2.32 bits per heavy atom. The second-order valence-corrected chi connectivity index (χ2v) is 6.26. The zero-order chi connectivity index (χ0) is 21.3. The molecule has 28 heavy (non-hydrogen) atoms. The summed E-state index contributed by atoms with van der Waals surface area (Å²) in [6.07, 6.45) is -2.95. The van der Waals surface area contributed by atoms with Gasteiger partial charge in [0, 0.05) is 26.1 Å². The number of aliphatic carboxylic acids is 1. The SMILES string of the molecule is N#C[C@@H]1CCCN1C(=O)[C@@H](N)CCC(=O)N1CCOCC1.O=C(O)C(F)(F)F. The minimum Gasteiger partial charge on any atom is -0.475 e. The van der Waals surface area contributed by atoms with Crippen molar-refractivity contribution >= 4 is 17.8 Å². The van der Waals surface area contributed by atoms with Gasteiger partial charge in [0.05, 0.1) is 25.3 Å². The maximum Gasteiger partial charge on any atom is 0.490 e. The van der Waals surface area contributed by atoms with Gasteiger partial charge in [0.2, 0.25) is 11.8 Å². The fourth-order valence-corrected chi connectivity index (χ4v) is 2.75. The highest BCUT2D eigenvalue weighted by molar-refractivity contribution is 5.84. The molecule has 2 amide bonds. The average Bonchev–Trinajstić information content (AvgIpc) is 3.14. The number of halogens is 3. The average molecular weight is 408 g/mol. The molecule has 2 atom stereocenters. The summed E-state index contributed by atoms with van der Waals surface area (Å²) < 4.78 is 36.9. The van der Waals surface area contributed by atoms with Crippen LogP contribution in [0.4, 0.5) is 13.2 Å². The Labute approximate surface area is 159 Å². The van der Waals surface area contributed by atoms with E-state index in [4.69, 9.17) is 25.6 Å². The van der Waals surface area contributed by atoms with Gasteiger partial charge in [0.1, 0.15) is 6.04 Å². The largest absolute Gasteiger partial charge is 0.490 e. The Kier molecular flexibility index (Phi) is 9.14. The topological polar surface area (TPSA) is 137 Å². The molecule has 9 nitrogen and oxygen atoms in total. The van der Waals surface area contributed by atoms with Crippen LogP contribution in [0.2, 0.25) is 0 Å². The highest BCUT2D eigenvalue weighted by atomic mass is 19.4. The Bertz CT molecular complexity index is 602. The lowest BCUT2D eigenvalue weighted by Crippen LogP contribution is -2.46. The number of likely N-dealkylation sites (tertiary alicyclic amines) is 1. The molecule has 2 rings (SSSR count). The molecule has 0 spiro atoms. The normalized spacial score (nSPS) is 20.6. The number of carboxylic acids is 1. The van der Waals surface area contributed by atoms with E-state index < -0.39 is 18.2 Å². The number of morpholine rings is 1. The van der Waals surface area contributed by atoms with E-state index in [1.807, 2.05) is 0 Å². The first-order valence-electron chi connectivity index (χ1n) is 8.69. The second kappa shape index (κ2) is 10.8. The van der Waals surface area contributed by atoms with Crippen molar-refractivity contribution in [2.24, 2.45) is 5.73 Å². The molecule has 158 valence electrons. The van der Waals surface area contributed by atoms with Crippen molar-refractivity contribution in [2.45, 2.75) is 43.9 Å². The monoisotopic (exact) mass is 408 g/mol. The molecule has 0 aromatic rings. The number of ether oxygens (including phenoxy) is 1. The predicted molar refractivity (Wildman–Crippen MR) is 88.6 cm³/mol. The van der Waals surface area contributed by atoms with E-state index >= 15 is 0 Å². The van der Waals surface area contributed by atoms with Crippen molar-refractivity contribution in [3.63, 3.8) is 0 Å². The number of amides is 2. The smallest absolute Gasteiger partial charge is 0.475 e. The Hall–Kier alpha value is -2.39. The summed E-state index contributed by atoms with van der Waals surface area (Å²) in [5.41, 5.74) is 5.90. The van der Waals surface area contributed by atoms with Gasteiger partial charge in [0.25, 0.3) is 0 Å². The van der Waals surface area contributed by atoms with E-state index in [0.717, 1.165) is 6.42 Å². The number of nitriles is 1. The minimum atomic E-state index is -5.08. The molecule has 12 heteroatoms. The first-order valence-corrected chi connectivity index (χ1v) is 8.69. The summed E-state index contributed by atoms with van der Waals surface area (Å²) in [5.74, 6) is -2.96. The van der Waals surface area contributed by atoms with Crippen LogP contribution in [0.15, 0.2) is 0 Å². The third-order valence-corrected chi connectivity index (χ3v) is 4.28. The van der Waals surface area contributed by atoms with Crippen LogP contribution in [0, 0.1) is 11.3 Å². The van der Waals surface area contributed by atoms with Gasteiger partial charge in [-0.05, 0) is 19.3 Å². The lowest BCUT2D eigenvalue weighted by atomic mass is 10.1. The lowest BCUT2D eigenvalue weighted by Gasteiger charge is -2.28. The maximum absolute atomic E-state index is 12.2. The number of carbonyl (C=O) groups excluding carboxylic acids is 2. The van der Waals surface area contributed by atoms with Crippen molar-refractivity contribution in [2.75, 3.05) is 32.8 Å². The van der Waals surface area contributed by atoms with Crippen LogP contribution >= 0.6 is 0 Å². The van der Waals surface area contributed by atoms with Crippen LogP contribution < -0.4 is 5.73 Å². The highest BCUT2D eigenvalue weighted by Crippen LogP contribution is 2.18. The van der Waals surface area contributed by atoms with Gasteiger partial charge in [0.15, 0.2) is 0 Å². The molecule has 0 unspecified atom stereocenters. The van der Waals surface area contributed by atoms with E-state index in [9.17, 15) is 22.8 Å². The van der Waals surface area contributed by atoms with Crippen molar-refractivity contribution in [1.29, 1.82) is 5.26 Å². The molecule has 0 saturated carbocycles. The molecule has 2 aliphatic heterocycles. The summed E-state index contributed by atoms with van der Waals surface area (Å²) in [5, 5.41) is 16.1. The molecule has 0 bridgehead atoms. The summed E-state index contributed by atoms with van der Waals surface area (Å²) in [4.78, 5) is 36.4. The molecule has 2 fully saturated rings. The van der Waals surface area contributed by atoms with Crippen molar-refractivity contribution in [3.05, 3.63) is 0 Å². The third kappa shape index (κ3) is 7.32. The highest BCUT2D eigenvalue weighted by Gasteiger charge is 2.38. The van der Waals surface area contributed by atoms with E-state index in [-0.39, 0.29) is 24.3 Å². The quantitative estimate of drug-likeness (QED) is 0.673. The summed E-state index contributed by atoms with van der Waals surface area (Å²) >= 11 is 0. The van der Waals surface area contributed by atoms with Gasteiger partial charge >= 0.3 is 12.1 Å². The van der Waals surface area contributed by atoms with Crippen molar-refractivity contribution in [1.82, 2.24) is 9.80 Å². The van der Waals surface area contributed by atoms with Crippen LogP contribution in [0.5, 0.6) is 0 Å². The van der Waals surface area contributed by atoms with E-state index in [2.05, 4.69) is 6.07 Å². The van der Waals surface area contributed by atoms with Gasteiger partial charge < -0.3 is 25.4 Å². The standard InChI is InChI=1S/C14H22N4O3.C2HF3O2/c15-10-11-2-1-5-18(11)14(20)12(16)3-4-13(19)17-6-8-21-9-7-17;3-2(4,5)1(6)7/h11-12H,1-9,16H2;(H,6,7)/t11-,12-;/m0./s1. The van der Waals surface area contributed by atoms with Gasteiger partial charge in [-0.25, -0.2) is 4.79 Å². The summed E-state index contributed by atoms with van der Waals surface area (Å²) in [6, 6.07) is 1.06. The summed E-state index contributed by atoms with van der Waals surface area (Å²) in [7, 11) is 0. The molecule has 0 aromatic heterocycles. The van der Waals surface area contributed by atoms with E-state index in [1.54, 1.807) is 9.80 Å². The third-order valence-electron chi connectivity index (χ3n) is 4.28. The first kappa shape index (κ1) is 23.6. The van der Waals surface area contributed by atoms with Gasteiger partial charge in [-0.2, -0.15) is 18.4 Å². The number of hydrogen-bond donors (Lipinski definition) is 2. The van der Waals surface area contributed by atoms with Gasteiger partial charge in [-0.1, -0.05) is 0 Å². The van der Waals surface area contributed by atoms with Gasteiger partial charge in [-0.15, -0.1) is 0 Å². The van der Waals surface area contributed by atoms with E-state index in [1.165, 1.54) is 0 Å². The fourth-order valence-electron chi connectivity index (χ4n) is 2.75. The van der Waals surface area contributed by atoms with Gasteiger partial charge in [-0.3, -0.25) is 9.59 Å². The summed E-state index contributed by atoms with van der Waals surface area (Å²) in [6.45, 7) is 2.92. The number of carbonyl (C=O) groups is 3. The second-order valence-electron chi connectivity index (χ2n) is 6.26. The molecule has 2 saturated heterocycles. The number of nitrogens with two attached hydrogens (primary N) is 1. The first-order chi connectivity index (χ1) is 13.1. The Morgan fingerprint density at radius 1 is 1.25 bits per heavy atom. The lowest BCUT2D eigenvalue weighted by molar-refractivity contribution is -0.192. The van der Waals surface area contributed by atoms with Crippen LogP contribution in [0.25, 0.3) is 0 Å². The molecule has 2 heterocycles. The molecular formula is C16H23F3N4O5. The maximum atomic E-state index is 12.2. The fraction of sp³-hybridized carbons (Fsp3) is 0.750.